The predicted molar refractivity (Wildman–Crippen MR) is 95.4 cm³/mol. The highest BCUT2D eigenvalue weighted by molar-refractivity contribution is 9.10. The van der Waals surface area contributed by atoms with E-state index in [-0.39, 0.29) is 4.83 Å². The summed E-state index contributed by atoms with van der Waals surface area (Å²) in [7, 11) is 1.68. The van der Waals surface area contributed by atoms with E-state index >= 15 is 0 Å². The normalized spacial score (nSPS) is 12.3. The molecule has 0 aromatic heterocycles. The first-order valence-electron chi connectivity index (χ1n) is 6.64. The average Bonchev–Trinajstić information content (AvgIpc) is 2.53. The minimum Gasteiger partial charge on any atom is -0.497 e. The van der Waals surface area contributed by atoms with Gasteiger partial charge in [-0.05, 0) is 52.2 Å². The van der Waals surface area contributed by atoms with Crippen LogP contribution < -0.4 is 4.74 Å². The molecule has 3 heteroatoms. The lowest BCUT2D eigenvalue weighted by atomic mass is 10.0. The summed E-state index contributed by atoms with van der Waals surface area (Å²) in [6.45, 7) is 0. The minimum absolute atomic E-state index is 0.177. The van der Waals surface area contributed by atoms with Crippen molar-refractivity contribution < 1.29 is 4.74 Å². The second kappa shape index (κ2) is 6.20. The Balaban J connectivity index is 1.96. The summed E-state index contributed by atoms with van der Waals surface area (Å²) in [5.41, 5.74) is 2.46. The third-order valence-corrected chi connectivity index (χ3v) is 5.08. The molecule has 0 saturated carbocycles. The molecular formula is C18H14Br2O. The largest absolute Gasteiger partial charge is 0.497 e. The van der Waals surface area contributed by atoms with Crippen molar-refractivity contribution in [2.45, 2.75) is 4.83 Å². The van der Waals surface area contributed by atoms with Gasteiger partial charge in [0.25, 0.3) is 0 Å². The summed E-state index contributed by atoms with van der Waals surface area (Å²) in [5, 5.41) is 2.48. The number of rotatable bonds is 3. The topological polar surface area (TPSA) is 9.23 Å². The van der Waals surface area contributed by atoms with Crippen LogP contribution in [0.2, 0.25) is 0 Å². The molecule has 3 rings (SSSR count). The minimum atomic E-state index is 0.177. The molecule has 0 spiro atoms. The van der Waals surface area contributed by atoms with Gasteiger partial charge >= 0.3 is 0 Å². The van der Waals surface area contributed by atoms with Crippen molar-refractivity contribution in [2.24, 2.45) is 0 Å². The Bertz CT molecular complexity index is 766. The molecule has 0 radical (unpaired) electrons. The third-order valence-electron chi connectivity index (χ3n) is 3.53. The summed E-state index contributed by atoms with van der Waals surface area (Å²) in [6, 6.07) is 21.0. The molecule has 0 aliphatic heterocycles. The summed E-state index contributed by atoms with van der Waals surface area (Å²) < 4.78 is 6.31. The summed E-state index contributed by atoms with van der Waals surface area (Å²) in [6.07, 6.45) is 0. The van der Waals surface area contributed by atoms with Crippen LogP contribution in [0.1, 0.15) is 16.0 Å². The quantitative estimate of drug-likeness (QED) is 0.478. The van der Waals surface area contributed by atoms with Crippen LogP contribution >= 0.6 is 31.9 Å². The lowest BCUT2D eigenvalue weighted by molar-refractivity contribution is 0.414. The molecular weight excluding hydrogens is 392 g/mol. The monoisotopic (exact) mass is 404 g/mol. The Labute approximate surface area is 141 Å². The second-order valence-electron chi connectivity index (χ2n) is 4.89. The van der Waals surface area contributed by atoms with Crippen LogP contribution in [0.4, 0.5) is 0 Å². The molecule has 1 unspecified atom stereocenters. The van der Waals surface area contributed by atoms with Crippen LogP contribution in [0.15, 0.2) is 65.1 Å². The van der Waals surface area contributed by atoms with Gasteiger partial charge in [0.15, 0.2) is 0 Å². The smallest absolute Gasteiger partial charge is 0.118 e. The van der Waals surface area contributed by atoms with Gasteiger partial charge in [-0.2, -0.15) is 0 Å². The molecule has 0 bridgehead atoms. The number of ether oxygens (including phenoxy) is 1. The van der Waals surface area contributed by atoms with Gasteiger partial charge in [0.1, 0.15) is 5.75 Å². The summed E-state index contributed by atoms with van der Waals surface area (Å²) >= 11 is 7.30. The number of hydrogen-bond acceptors (Lipinski definition) is 1. The maximum atomic E-state index is 5.20. The van der Waals surface area contributed by atoms with Crippen molar-refractivity contribution in [3.05, 3.63) is 76.3 Å². The fraction of sp³-hybridized carbons (Fsp3) is 0.111. The van der Waals surface area contributed by atoms with Crippen molar-refractivity contribution in [3.8, 4) is 5.75 Å². The molecule has 0 fully saturated rings. The zero-order chi connectivity index (χ0) is 14.8. The Kier molecular flexibility index (Phi) is 4.32. The number of fused-ring (bicyclic) bond motifs is 1. The Morgan fingerprint density at radius 1 is 0.810 bits per heavy atom. The molecule has 21 heavy (non-hydrogen) atoms. The molecule has 0 heterocycles. The lowest BCUT2D eigenvalue weighted by Gasteiger charge is -2.12. The maximum absolute atomic E-state index is 5.20. The number of methoxy groups -OCH3 is 1. The van der Waals surface area contributed by atoms with E-state index in [9.17, 15) is 0 Å². The van der Waals surface area contributed by atoms with Gasteiger partial charge in [0, 0.05) is 4.47 Å². The third kappa shape index (κ3) is 3.14. The fourth-order valence-electron chi connectivity index (χ4n) is 2.36. The van der Waals surface area contributed by atoms with E-state index in [0.717, 1.165) is 10.2 Å². The van der Waals surface area contributed by atoms with Gasteiger partial charge < -0.3 is 4.74 Å². The number of hydrogen-bond donors (Lipinski definition) is 0. The van der Waals surface area contributed by atoms with Crippen LogP contribution in [0.5, 0.6) is 5.75 Å². The molecule has 1 atom stereocenters. The number of benzene rings is 3. The van der Waals surface area contributed by atoms with Gasteiger partial charge in [0.2, 0.25) is 0 Å². The van der Waals surface area contributed by atoms with E-state index in [2.05, 4.69) is 80.4 Å². The van der Waals surface area contributed by atoms with Crippen LogP contribution in [0, 0.1) is 0 Å². The molecule has 106 valence electrons. The zero-order valence-corrected chi connectivity index (χ0v) is 14.7. The highest BCUT2D eigenvalue weighted by Gasteiger charge is 2.11. The van der Waals surface area contributed by atoms with Crippen molar-refractivity contribution in [1.29, 1.82) is 0 Å². The summed E-state index contributed by atoms with van der Waals surface area (Å²) in [4.78, 5) is 0.177. The van der Waals surface area contributed by atoms with Crippen molar-refractivity contribution in [1.82, 2.24) is 0 Å². The molecule has 0 saturated heterocycles. The van der Waals surface area contributed by atoms with E-state index in [1.807, 2.05) is 12.1 Å². The van der Waals surface area contributed by atoms with Crippen molar-refractivity contribution >= 4 is 42.6 Å². The van der Waals surface area contributed by atoms with E-state index < -0.39 is 0 Å². The molecule has 3 aromatic rings. The van der Waals surface area contributed by atoms with Gasteiger partial charge in [0.05, 0.1) is 11.9 Å². The van der Waals surface area contributed by atoms with E-state index in [0.29, 0.717) is 0 Å². The molecule has 0 amide bonds. The molecule has 3 aromatic carbocycles. The molecule has 1 nitrogen and oxygen atoms in total. The second-order valence-corrected chi connectivity index (χ2v) is 6.72. The number of alkyl halides is 1. The van der Waals surface area contributed by atoms with Gasteiger partial charge in [-0.25, -0.2) is 0 Å². The van der Waals surface area contributed by atoms with Crippen LogP contribution in [-0.4, -0.2) is 7.11 Å². The Hall–Kier alpha value is -1.32. The lowest BCUT2D eigenvalue weighted by Crippen LogP contribution is -1.93. The zero-order valence-electron chi connectivity index (χ0n) is 11.5. The highest BCUT2D eigenvalue weighted by atomic mass is 79.9. The van der Waals surface area contributed by atoms with Crippen LogP contribution in [-0.2, 0) is 0 Å². The highest BCUT2D eigenvalue weighted by Crippen LogP contribution is 2.33. The Morgan fingerprint density at radius 3 is 2.14 bits per heavy atom. The first kappa shape index (κ1) is 14.6. The van der Waals surface area contributed by atoms with Gasteiger partial charge in [-0.3, -0.25) is 0 Å². The fourth-order valence-corrected chi connectivity index (χ4v) is 3.33. The van der Waals surface area contributed by atoms with Crippen molar-refractivity contribution in [2.75, 3.05) is 7.11 Å². The maximum Gasteiger partial charge on any atom is 0.118 e. The molecule has 0 aliphatic rings. The van der Waals surface area contributed by atoms with Crippen LogP contribution in [0.25, 0.3) is 10.8 Å². The molecule has 0 aliphatic carbocycles. The van der Waals surface area contributed by atoms with Gasteiger partial charge in [-0.15, -0.1) is 0 Å². The van der Waals surface area contributed by atoms with E-state index in [4.69, 9.17) is 4.74 Å². The van der Waals surface area contributed by atoms with E-state index in [1.54, 1.807) is 7.11 Å². The predicted octanol–water partition coefficient (Wildman–Crippen LogP) is 6.10. The average molecular weight is 406 g/mol. The number of halogens is 2. The Morgan fingerprint density at radius 2 is 1.43 bits per heavy atom. The summed E-state index contributed by atoms with van der Waals surface area (Å²) in [5.74, 6) is 0.877. The first-order valence-corrected chi connectivity index (χ1v) is 8.35. The van der Waals surface area contributed by atoms with E-state index in [1.165, 1.54) is 21.9 Å². The van der Waals surface area contributed by atoms with Crippen LogP contribution in [0.3, 0.4) is 0 Å². The van der Waals surface area contributed by atoms with Crippen molar-refractivity contribution in [3.63, 3.8) is 0 Å². The molecule has 0 N–H and O–H groups in total. The van der Waals surface area contributed by atoms with Gasteiger partial charge in [-0.1, -0.05) is 62.2 Å². The first-order chi connectivity index (χ1) is 10.2. The SMILES string of the molecule is COc1ccc(C(Br)c2ccc3cc(Br)ccc3c2)cc1. The standard InChI is InChI=1S/C18H14Br2O/c1-21-17-8-5-12(6-9-17)18(20)15-3-2-14-11-16(19)7-4-13(14)10-15/h2-11,18H,1H3.